The highest BCUT2D eigenvalue weighted by molar-refractivity contribution is 5.84. The van der Waals surface area contributed by atoms with Crippen LogP contribution in [-0.4, -0.2) is 21.9 Å². The zero-order valence-corrected chi connectivity index (χ0v) is 11.2. The maximum Gasteiger partial charge on any atom is 0.413 e. The zero-order valence-electron chi connectivity index (χ0n) is 11.2. The topological polar surface area (TPSA) is 67.0 Å². The number of amides is 1. The summed E-state index contributed by atoms with van der Waals surface area (Å²) in [5.41, 5.74) is 1.32. The molecule has 5 heteroatoms. The number of carbonyl (C=O) groups is 1. The van der Waals surface area contributed by atoms with Crippen LogP contribution in [0.15, 0.2) is 36.4 Å². The summed E-state index contributed by atoms with van der Waals surface area (Å²) in [6, 6.07) is 11.5. The number of benzene rings is 1. The molecule has 2 rings (SSSR count). The summed E-state index contributed by atoms with van der Waals surface area (Å²) in [5.74, 6) is 0.438. The van der Waals surface area contributed by atoms with Crippen molar-refractivity contribution in [2.24, 2.45) is 0 Å². The molecule has 1 aromatic heterocycles. The summed E-state index contributed by atoms with van der Waals surface area (Å²) in [7, 11) is 0. The van der Waals surface area contributed by atoms with Crippen molar-refractivity contribution in [1.82, 2.24) is 10.2 Å². The molecule has 0 radical (unpaired) electrons. The van der Waals surface area contributed by atoms with Gasteiger partial charge in [0, 0.05) is 6.07 Å². The fourth-order valence-electron chi connectivity index (χ4n) is 1.56. The highest BCUT2D eigenvalue weighted by Crippen LogP contribution is 2.19. The van der Waals surface area contributed by atoms with E-state index in [4.69, 9.17) is 4.74 Å². The number of H-pyrrole nitrogens is 1. The van der Waals surface area contributed by atoms with Crippen LogP contribution in [-0.2, 0) is 4.74 Å². The number of rotatable bonds is 2. The molecule has 100 valence electrons. The van der Waals surface area contributed by atoms with Gasteiger partial charge in [-0.05, 0) is 26.3 Å². The van der Waals surface area contributed by atoms with Crippen LogP contribution in [0.2, 0.25) is 0 Å². The molecule has 2 aromatic rings. The molecule has 1 aromatic carbocycles. The third-order valence-electron chi connectivity index (χ3n) is 2.29. The van der Waals surface area contributed by atoms with Crippen molar-refractivity contribution in [3.05, 3.63) is 36.4 Å². The van der Waals surface area contributed by atoms with Crippen LogP contribution in [0.1, 0.15) is 20.8 Å². The van der Waals surface area contributed by atoms with Crippen molar-refractivity contribution >= 4 is 11.9 Å². The van der Waals surface area contributed by atoms with E-state index < -0.39 is 11.7 Å². The van der Waals surface area contributed by atoms with Crippen molar-refractivity contribution in [2.75, 3.05) is 5.32 Å². The van der Waals surface area contributed by atoms with Crippen LogP contribution in [0.3, 0.4) is 0 Å². The van der Waals surface area contributed by atoms with Gasteiger partial charge in [-0.3, -0.25) is 10.4 Å². The highest BCUT2D eigenvalue weighted by Gasteiger charge is 2.17. The Morgan fingerprint density at radius 2 is 1.95 bits per heavy atom. The Kier molecular flexibility index (Phi) is 3.55. The molecule has 0 fully saturated rings. The van der Waals surface area contributed by atoms with Crippen molar-refractivity contribution in [3.63, 3.8) is 0 Å². The molecule has 2 N–H and O–H groups in total. The van der Waals surface area contributed by atoms with Crippen LogP contribution in [0, 0.1) is 0 Å². The second-order valence-electron chi connectivity index (χ2n) is 5.16. The lowest BCUT2D eigenvalue weighted by molar-refractivity contribution is 0.0635. The highest BCUT2D eigenvalue weighted by atomic mass is 16.6. The largest absolute Gasteiger partial charge is 0.444 e. The molecule has 5 nitrogen and oxygen atoms in total. The number of nitrogens with zero attached hydrogens (tertiary/aromatic N) is 1. The van der Waals surface area contributed by atoms with Gasteiger partial charge < -0.3 is 4.74 Å². The quantitative estimate of drug-likeness (QED) is 0.868. The van der Waals surface area contributed by atoms with E-state index >= 15 is 0 Å². The van der Waals surface area contributed by atoms with Gasteiger partial charge in [-0.15, -0.1) is 0 Å². The average Bonchev–Trinajstić information content (AvgIpc) is 2.76. The molecular formula is C14H17N3O2. The molecule has 0 atom stereocenters. The van der Waals surface area contributed by atoms with Gasteiger partial charge in [0.1, 0.15) is 5.60 Å². The molecule has 1 amide bonds. The van der Waals surface area contributed by atoms with Crippen molar-refractivity contribution in [2.45, 2.75) is 26.4 Å². The van der Waals surface area contributed by atoms with Crippen LogP contribution >= 0.6 is 0 Å². The summed E-state index contributed by atoms with van der Waals surface area (Å²) < 4.78 is 5.15. The second-order valence-corrected chi connectivity index (χ2v) is 5.16. The van der Waals surface area contributed by atoms with Gasteiger partial charge in [-0.1, -0.05) is 30.3 Å². The predicted octanol–water partition coefficient (Wildman–Crippen LogP) is 3.42. The Hall–Kier alpha value is -2.30. The van der Waals surface area contributed by atoms with Crippen LogP contribution < -0.4 is 5.32 Å². The number of anilines is 1. The number of aromatic nitrogens is 2. The third kappa shape index (κ3) is 3.84. The molecule has 0 aliphatic carbocycles. The molecule has 0 bridgehead atoms. The normalized spacial score (nSPS) is 11.1. The van der Waals surface area contributed by atoms with E-state index in [1.54, 1.807) is 6.07 Å². The molecule has 0 aliphatic heterocycles. The molecule has 0 saturated heterocycles. The van der Waals surface area contributed by atoms with Gasteiger partial charge in [0.2, 0.25) is 0 Å². The van der Waals surface area contributed by atoms with Crippen molar-refractivity contribution in [1.29, 1.82) is 0 Å². The van der Waals surface area contributed by atoms with E-state index in [1.165, 1.54) is 0 Å². The van der Waals surface area contributed by atoms with E-state index in [-0.39, 0.29) is 0 Å². The van der Waals surface area contributed by atoms with E-state index in [0.29, 0.717) is 5.82 Å². The Balaban J connectivity index is 2.04. The van der Waals surface area contributed by atoms with Crippen LogP contribution in [0.5, 0.6) is 0 Å². The van der Waals surface area contributed by atoms with Gasteiger partial charge in [0.05, 0.1) is 5.69 Å². The minimum Gasteiger partial charge on any atom is -0.444 e. The minimum absolute atomic E-state index is 0.438. The van der Waals surface area contributed by atoms with E-state index in [2.05, 4.69) is 15.5 Å². The summed E-state index contributed by atoms with van der Waals surface area (Å²) in [4.78, 5) is 11.6. The molecule has 1 heterocycles. The van der Waals surface area contributed by atoms with Gasteiger partial charge in [0.25, 0.3) is 0 Å². The smallest absolute Gasteiger partial charge is 0.413 e. The Bertz CT molecular complexity index is 556. The van der Waals surface area contributed by atoms with E-state index in [0.717, 1.165) is 11.3 Å². The van der Waals surface area contributed by atoms with Gasteiger partial charge in [-0.25, -0.2) is 4.79 Å². The van der Waals surface area contributed by atoms with E-state index in [9.17, 15) is 4.79 Å². The lowest BCUT2D eigenvalue weighted by Gasteiger charge is -2.18. The van der Waals surface area contributed by atoms with E-state index in [1.807, 2.05) is 51.1 Å². The van der Waals surface area contributed by atoms with Gasteiger partial charge in [-0.2, -0.15) is 5.10 Å². The van der Waals surface area contributed by atoms with Gasteiger partial charge in [0.15, 0.2) is 5.82 Å². The standard InChI is InChI=1S/C14H17N3O2/c1-14(2,3)19-13(18)15-12-9-11(16-17-12)10-7-5-4-6-8-10/h4-9H,1-3H3,(H2,15,16,17,18). The molecular weight excluding hydrogens is 242 g/mol. The maximum absolute atomic E-state index is 11.6. The molecule has 0 unspecified atom stereocenters. The predicted molar refractivity (Wildman–Crippen MR) is 73.9 cm³/mol. The van der Waals surface area contributed by atoms with Crippen LogP contribution in [0.4, 0.5) is 10.6 Å². The number of aromatic amines is 1. The minimum atomic E-state index is -0.525. The first kappa shape index (κ1) is 13.1. The molecule has 0 aliphatic rings. The first-order chi connectivity index (χ1) is 8.94. The Labute approximate surface area is 112 Å². The van der Waals surface area contributed by atoms with Crippen molar-refractivity contribution in [3.8, 4) is 11.3 Å². The Morgan fingerprint density at radius 3 is 2.58 bits per heavy atom. The second kappa shape index (κ2) is 5.14. The lowest BCUT2D eigenvalue weighted by atomic mass is 10.2. The summed E-state index contributed by atoms with van der Waals surface area (Å²) in [6.45, 7) is 5.44. The summed E-state index contributed by atoms with van der Waals surface area (Å²) in [5, 5.41) is 9.48. The fourth-order valence-corrected chi connectivity index (χ4v) is 1.56. The zero-order chi connectivity index (χ0) is 13.9. The molecule has 0 spiro atoms. The SMILES string of the molecule is CC(C)(C)OC(=O)Nc1cc(-c2ccccc2)[nH]n1. The first-order valence-electron chi connectivity index (χ1n) is 6.05. The lowest BCUT2D eigenvalue weighted by Crippen LogP contribution is -2.27. The summed E-state index contributed by atoms with van der Waals surface area (Å²) in [6.07, 6.45) is -0.515. The Morgan fingerprint density at radius 1 is 1.26 bits per heavy atom. The monoisotopic (exact) mass is 259 g/mol. The fraction of sp³-hybridized carbons (Fsp3) is 0.286. The maximum atomic E-state index is 11.6. The van der Waals surface area contributed by atoms with Gasteiger partial charge >= 0.3 is 6.09 Å². The number of nitrogens with one attached hydrogen (secondary N) is 2. The van der Waals surface area contributed by atoms with Crippen molar-refractivity contribution < 1.29 is 9.53 Å². The van der Waals surface area contributed by atoms with Crippen LogP contribution in [0.25, 0.3) is 11.3 Å². The third-order valence-corrected chi connectivity index (χ3v) is 2.29. The number of hydrogen-bond donors (Lipinski definition) is 2. The molecule has 19 heavy (non-hydrogen) atoms. The number of ether oxygens (including phenoxy) is 1. The summed E-state index contributed by atoms with van der Waals surface area (Å²) >= 11 is 0. The molecule has 0 saturated carbocycles. The first-order valence-corrected chi connectivity index (χ1v) is 6.05. The number of hydrogen-bond acceptors (Lipinski definition) is 3. The number of carbonyl (C=O) groups excluding carboxylic acids is 1. The average molecular weight is 259 g/mol.